The number of thiazole rings is 1. The smallest absolute Gasteiger partial charge is 0.259 e. The minimum atomic E-state index is -3.77. The van der Waals surface area contributed by atoms with E-state index in [2.05, 4.69) is 10.3 Å². The summed E-state index contributed by atoms with van der Waals surface area (Å²) in [5, 5.41) is 3.07. The lowest BCUT2D eigenvalue weighted by atomic mass is 9.78. The Balaban J connectivity index is 1.89. The number of Topliss-reactive ketones (excluding diaryl/α,β-unsaturated/α-hetero) is 1. The molecule has 0 fully saturated rings. The molecule has 10 heteroatoms. The summed E-state index contributed by atoms with van der Waals surface area (Å²) in [6, 6.07) is 3.77. The van der Waals surface area contributed by atoms with E-state index in [0.717, 1.165) is 11.3 Å². The van der Waals surface area contributed by atoms with E-state index in [4.69, 9.17) is 11.6 Å². The zero-order chi connectivity index (χ0) is 22.4. The number of halogens is 1. The maximum atomic E-state index is 12.8. The van der Waals surface area contributed by atoms with Gasteiger partial charge in [-0.25, -0.2) is 13.4 Å². The van der Waals surface area contributed by atoms with Gasteiger partial charge in [0.05, 0.1) is 26.1 Å². The summed E-state index contributed by atoms with van der Waals surface area (Å²) in [5.74, 6) is -0.566. The number of amides is 1. The van der Waals surface area contributed by atoms with Crippen LogP contribution in [0.3, 0.4) is 0 Å². The molecule has 3 rings (SSSR count). The van der Waals surface area contributed by atoms with Crippen LogP contribution in [-0.4, -0.2) is 42.5 Å². The first-order valence-electron chi connectivity index (χ1n) is 9.44. The molecule has 0 saturated heterocycles. The second kappa shape index (κ2) is 8.03. The minimum absolute atomic E-state index is 0.0158. The Hall–Kier alpha value is -1.81. The third-order valence-corrected chi connectivity index (χ3v) is 8.46. The number of ketones is 1. The van der Waals surface area contributed by atoms with Crippen molar-refractivity contribution >= 4 is 49.8 Å². The Bertz CT molecular complexity index is 1120. The number of rotatable bonds is 5. The lowest BCUT2D eigenvalue weighted by Gasteiger charge is -2.26. The molecule has 7 nitrogen and oxygen atoms in total. The minimum Gasteiger partial charge on any atom is -0.298 e. The fraction of sp³-hybridized carbons (Fsp3) is 0.450. The number of benzene rings is 1. The van der Waals surface area contributed by atoms with Gasteiger partial charge in [-0.05, 0) is 43.9 Å². The van der Waals surface area contributed by atoms with Crippen molar-refractivity contribution in [2.75, 3.05) is 12.4 Å². The lowest BCUT2D eigenvalue weighted by Crippen LogP contribution is -2.33. The fourth-order valence-electron chi connectivity index (χ4n) is 3.22. The summed E-state index contributed by atoms with van der Waals surface area (Å²) in [4.78, 5) is 30.1. The van der Waals surface area contributed by atoms with Crippen LogP contribution in [0.25, 0.3) is 0 Å². The van der Waals surface area contributed by atoms with Crippen molar-refractivity contribution in [3.05, 3.63) is 39.4 Å². The van der Waals surface area contributed by atoms with E-state index in [-0.39, 0.29) is 32.7 Å². The predicted molar refractivity (Wildman–Crippen MR) is 118 cm³/mol. The highest BCUT2D eigenvalue weighted by atomic mass is 35.5. The van der Waals surface area contributed by atoms with E-state index in [1.807, 2.05) is 13.8 Å². The average molecular weight is 470 g/mol. The van der Waals surface area contributed by atoms with Crippen molar-refractivity contribution in [1.82, 2.24) is 9.29 Å². The van der Waals surface area contributed by atoms with E-state index in [9.17, 15) is 18.0 Å². The largest absolute Gasteiger partial charge is 0.298 e. The molecule has 0 unspecified atom stereocenters. The van der Waals surface area contributed by atoms with Crippen LogP contribution in [-0.2, 0) is 16.4 Å². The highest BCUT2D eigenvalue weighted by Crippen LogP contribution is 2.38. The lowest BCUT2D eigenvalue weighted by molar-refractivity contribution is 0.0915. The number of fused-ring (bicyclic) bond motifs is 1. The maximum Gasteiger partial charge on any atom is 0.259 e. The van der Waals surface area contributed by atoms with Crippen molar-refractivity contribution in [2.24, 2.45) is 5.41 Å². The molecular formula is C20H24ClN3O4S2. The van der Waals surface area contributed by atoms with Gasteiger partial charge in [0.1, 0.15) is 0 Å². The first-order chi connectivity index (χ1) is 13.8. The summed E-state index contributed by atoms with van der Waals surface area (Å²) in [7, 11) is -2.29. The number of nitrogens with one attached hydrogen (secondary N) is 1. The Morgan fingerprint density at radius 1 is 1.30 bits per heavy atom. The number of aromatic nitrogens is 1. The number of hydrogen-bond acceptors (Lipinski definition) is 6. The Labute approximate surface area is 185 Å². The van der Waals surface area contributed by atoms with Crippen LogP contribution in [0.5, 0.6) is 0 Å². The topological polar surface area (TPSA) is 96.4 Å². The average Bonchev–Trinajstić information content (AvgIpc) is 3.02. The molecule has 1 amide bonds. The van der Waals surface area contributed by atoms with Gasteiger partial charge in [0, 0.05) is 19.5 Å². The van der Waals surface area contributed by atoms with Gasteiger partial charge in [-0.1, -0.05) is 36.8 Å². The van der Waals surface area contributed by atoms with Gasteiger partial charge in [0.25, 0.3) is 5.91 Å². The monoisotopic (exact) mass is 469 g/mol. The molecule has 0 aliphatic heterocycles. The molecule has 162 valence electrons. The number of carbonyl (C=O) groups is 2. The number of anilines is 1. The van der Waals surface area contributed by atoms with Gasteiger partial charge in [0.15, 0.2) is 10.9 Å². The van der Waals surface area contributed by atoms with Gasteiger partial charge < -0.3 is 0 Å². The van der Waals surface area contributed by atoms with Crippen LogP contribution in [0, 0.1) is 5.41 Å². The molecule has 1 heterocycles. The van der Waals surface area contributed by atoms with Crippen molar-refractivity contribution in [3.63, 3.8) is 0 Å². The van der Waals surface area contributed by atoms with Gasteiger partial charge in [-0.3, -0.25) is 14.9 Å². The summed E-state index contributed by atoms with van der Waals surface area (Å²) in [5.41, 5.74) is 0.528. The normalized spacial score (nSPS) is 16.1. The highest BCUT2D eigenvalue weighted by molar-refractivity contribution is 7.89. The fourth-order valence-corrected chi connectivity index (χ4v) is 5.73. The van der Waals surface area contributed by atoms with Crippen LogP contribution in [0.1, 0.15) is 59.8 Å². The molecule has 1 aliphatic rings. The summed E-state index contributed by atoms with van der Waals surface area (Å²) < 4.78 is 26.7. The molecule has 1 aromatic carbocycles. The molecule has 1 aliphatic carbocycles. The molecular weight excluding hydrogens is 446 g/mol. The SMILES string of the molecule is CC(C)N(C)S(=O)(=O)c1ccc(Cl)c(C(=O)Nc2nc3c(s2)C(=O)CC(C)(C)C3)c1. The van der Waals surface area contributed by atoms with Gasteiger partial charge in [-0.2, -0.15) is 4.31 Å². The molecule has 0 bridgehead atoms. The molecule has 0 saturated carbocycles. The molecule has 1 N–H and O–H groups in total. The first kappa shape index (κ1) is 22.9. The van der Waals surface area contributed by atoms with Crippen LogP contribution < -0.4 is 5.32 Å². The van der Waals surface area contributed by atoms with Crippen molar-refractivity contribution in [3.8, 4) is 0 Å². The van der Waals surface area contributed by atoms with E-state index in [0.29, 0.717) is 28.5 Å². The number of hydrogen-bond donors (Lipinski definition) is 1. The Morgan fingerprint density at radius 2 is 1.97 bits per heavy atom. The zero-order valence-corrected chi connectivity index (χ0v) is 19.8. The second-order valence-corrected chi connectivity index (χ2v) is 11.9. The van der Waals surface area contributed by atoms with Crippen LogP contribution in [0.2, 0.25) is 5.02 Å². The number of sulfonamides is 1. The van der Waals surface area contributed by atoms with E-state index in [1.54, 1.807) is 13.8 Å². The van der Waals surface area contributed by atoms with Gasteiger partial charge >= 0.3 is 0 Å². The quantitative estimate of drug-likeness (QED) is 0.706. The van der Waals surface area contributed by atoms with E-state index < -0.39 is 15.9 Å². The van der Waals surface area contributed by atoms with Gasteiger partial charge in [0.2, 0.25) is 10.0 Å². The van der Waals surface area contributed by atoms with E-state index >= 15 is 0 Å². The van der Waals surface area contributed by atoms with Crippen molar-refractivity contribution < 1.29 is 18.0 Å². The second-order valence-electron chi connectivity index (χ2n) is 8.45. The first-order valence-corrected chi connectivity index (χ1v) is 12.1. The molecule has 0 atom stereocenters. The maximum absolute atomic E-state index is 12.8. The molecule has 1 aromatic heterocycles. The highest BCUT2D eigenvalue weighted by Gasteiger charge is 2.34. The third kappa shape index (κ3) is 4.44. The standard InChI is InChI=1S/C20H24ClN3O4S2/c1-11(2)24(5)30(27,28)12-6-7-14(21)13(8-12)18(26)23-19-22-15-9-20(3,4)10-16(25)17(15)29-19/h6-8,11H,9-10H2,1-5H3,(H,22,23,26). The molecule has 30 heavy (non-hydrogen) atoms. The summed E-state index contributed by atoms with van der Waals surface area (Å²) in [6.07, 6.45) is 1.08. The summed E-state index contributed by atoms with van der Waals surface area (Å²) >= 11 is 7.30. The number of carbonyl (C=O) groups excluding carboxylic acids is 2. The third-order valence-electron chi connectivity index (χ3n) is 5.04. The van der Waals surface area contributed by atoms with E-state index in [1.165, 1.54) is 29.6 Å². The van der Waals surface area contributed by atoms with Crippen molar-refractivity contribution in [2.45, 2.75) is 51.5 Å². The summed E-state index contributed by atoms with van der Waals surface area (Å²) in [6.45, 7) is 7.53. The molecule has 0 radical (unpaired) electrons. The predicted octanol–water partition coefficient (Wildman–Crippen LogP) is 4.23. The Morgan fingerprint density at radius 3 is 2.60 bits per heavy atom. The zero-order valence-electron chi connectivity index (χ0n) is 17.4. The molecule has 2 aromatic rings. The van der Waals surface area contributed by atoms with Crippen LogP contribution >= 0.6 is 22.9 Å². The number of nitrogens with zero attached hydrogens (tertiary/aromatic N) is 2. The van der Waals surface area contributed by atoms with Crippen LogP contribution in [0.4, 0.5) is 5.13 Å². The van der Waals surface area contributed by atoms with Crippen molar-refractivity contribution in [1.29, 1.82) is 0 Å². The Kier molecular flexibility index (Phi) is 6.12. The van der Waals surface area contributed by atoms with Gasteiger partial charge in [-0.15, -0.1) is 0 Å². The van der Waals surface area contributed by atoms with Crippen LogP contribution in [0.15, 0.2) is 23.1 Å². The molecule has 0 spiro atoms.